The van der Waals surface area contributed by atoms with Gasteiger partial charge in [-0.25, -0.2) is 0 Å². The van der Waals surface area contributed by atoms with Crippen LogP contribution in [0.15, 0.2) is 134 Å². The highest BCUT2D eigenvalue weighted by atomic mass is 16.3. The van der Waals surface area contributed by atoms with Crippen LogP contribution >= 0.6 is 0 Å². The van der Waals surface area contributed by atoms with Gasteiger partial charge in [-0.2, -0.15) is 0 Å². The Labute approximate surface area is 210 Å². The summed E-state index contributed by atoms with van der Waals surface area (Å²) in [6.07, 6.45) is 0. The molecule has 7 aromatic rings. The fraction of sp³-hybridized carbons (Fsp3) is 0. The molecule has 5 aromatic carbocycles. The molecule has 5 heteroatoms. The third-order valence-electron chi connectivity index (χ3n) is 6.64. The van der Waals surface area contributed by atoms with E-state index < -0.39 is 0 Å². The van der Waals surface area contributed by atoms with Gasteiger partial charge >= 0.3 is 0 Å². The standard InChI is InChI=1S/C32H19NO4/c34-31-23-13-7-8-14-27(23)36-29-19-26-30(18-25(29)31)37-28-16-15-22(17-24(28)32(26)35)33(20-9-3-1-4-10-20)21-11-5-2-6-12-21/h1-19H. The monoisotopic (exact) mass is 481 g/mol. The first-order chi connectivity index (χ1) is 18.2. The third-order valence-corrected chi connectivity index (χ3v) is 6.64. The molecule has 2 aromatic heterocycles. The Morgan fingerprint density at radius 1 is 0.405 bits per heavy atom. The van der Waals surface area contributed by atoms with E-state index in [9.17, 15) is 9.59 Å². The molecule has 2 heterocycles. The normalized spacial score (nSPS) is 11.5. The van der Waals surface area contributed by atoms with Crippen LogP contribution in [0.5, 0.6) is 0 Å². The van der Waals surface area contributed by atoms with Crippen molar-refractivity contribution in [2.45, 2.75) is 0 Å². The van der Waals surface area contributed by atoms with Crippen LogP contribution < -0.4 is 15.8 Å². The van der Waals surface area contributed by atoms with Gasteiger partial charge in [-0.1, -0.05) is 48.5 Å². The van der Waals surface area contributed by atoms with Crippen molar-refractivity contribution < 1.29 is 8.83 Å². The molecule has 7 rings (SSSR count). The fourth-order valence-corrected chi connectivity index (χ4v) is 4.88. The molecular weight excluding hydrogens is 462 g/mol. The zero-order valence-corrected chi connectivity index (χ0v) is 19.5. The molecule has 0 saturated carbocycles. The SMILES string of the molecule is O=c1c2ccccc2oc2cc3c(=O)c4cc(N(c5ccccc5)c5ccccc5)ccc4oc3cc12. The van der Waals surface area contributed by atoms with Crippen molar-refractivity contribution in [1.29, 1.82) is 0 Å². The molecular formula is C32H19NO4. The van der Waals surface area contributed by atoms with Gasteiger partial charge in [-0.15, -0.1) is 0 Å². The Balaban J connectivity index is 1.48. The Hall–Kier alpha value is -5.16. The van der Waals surface area contributed by atoms with Crippen LogP contribution in [-0.4, -0.2) is 0 Å². The fourth-order valence-electron chi connectivity index (χ4n) is 4.88. The van der Waals surface area contributed by atoms with Gasteiger partial charge in [0.15, 0.2) is 0 Å². The summed E-state index contributed by atoms with van der Waals surface area (Å²) in [5.41, 5.74) is 4.07. The summed E-state index contributed by atoms with van der Waals surface area (Å²) in [6.45, 7) is 0. The maximum atomic E-state index is 13.7. The quantitative estimate of drug-likeness (QED) is 0.242. The zero-order valence-electron chi connectivity index (χ0n) is 19.5. The predicted molar refractivity (Wildman–Crippen MR) is 148 cm³/mol. The Kier molecular flexibility index (Phi) is 4.69. The number of fused-ring (bicyclic) bond motifs is 4. The van der Waals surface area contributed by atoms with Crippen molar-refractivity contribution in [2.24, 2.45) is 0 Å². The molecule has 37 heavy (non-hydrogen) atoms. The highest BCUT2D eigenvalue weighted by molar-refractivity contribution is 6.00. The molecule has 5 nitrogen and oxygen atoms in total. The minimum absolute atomic E-state index is 0.154. The molecule has 0 saturated heterocycles. The summed E-state index contributed by atoms with van der Waals surface area (Å²) in [4.78, 5) is 28.9. The van der Waals surface area contributed by atoms with Gasteiger partial charge < -0.3 is 13.7 Å². The summed E-state index contributed by atoms with van der Waals surface area (Å²) in [6, 6.07) is 35.9. The average molecular weight is 482 g/mol. The van der Waals surface area contributed by atoms with Crippen molar-refractivity contribution in [1.82, 2.24) is 0 Å². The van der Waals surface area contributed by atoms with Gasteiger partial charge in [0.2, 0.25) is 10.9 Å². The van der Waals surface area contributed by atoms with E-state index in [-0.39, 0.29) is 10.9 Å². The van der Waals surface area contributed by atoms with E-state index in [4.69, 9.17) is 8.83 Å². The molecule has 0 aliphatic heterocycles. The first kappa shape index (κ1) is 21.1. The van der Waals surface area contributed by atoms with E-state index in [1.807, 2.05) is 78.9 Å². The van der Waals surface area contributed by atoms with Crippen LogP contribution in [-0.2, 0) is 0 Å². The van der Waals surface area contributed by atoms with E-state index >= 15 is 0 Å². The lowest BCUT2D eigenvalue weighted by Gasteiger charge is -2.25. The highest BCUT2D eigenvalue weighted by Gasteiger charge is 2.17. The van der Waals surface area contributed by atoms with E-state index in [0.717, 1.165) is 17.1 Å². The smallest absolute Gasteiger partial charge is 0.200 e. The Bertz CT molecular complexity index is 2040. The van der Waals surface area contributed by atoms with Crippen molar-refractivity contribution >= 4 is 60.9 Å². The number of hydrogen-bond acceptors (Lipinski definition) is 5. The predicted octanol–water partition coefficient (Wildman–Crippen LogP) is 7.68. The van der Waals surface area contributed by atoms with Gasteiger partial charge in [0, 0.05) is 17.1 Å². The lowest BCUT2D eigenvalue weighted by molar-refractivity contribution is 0.652. The molecule has 0 atom stereocenters. The Morgan fingerprint density at radius 3 is 1.51 bits per heavy atom. The van der Waals surface area contributed by atoms with Crippen molar-refractivity contribution in [3.63, 3.8) is 0 Å². The molecule has 0 N–H and O–H groups in total. The van der Waals surface area contributed by atoms with Crippen LogP contribution in [0.4, 0.5) is 17.1 Å². The van der Waals surface area contributed by atoms with Crippen molar-refractivity contribution in [3.8, 4) is 0 Å². The highest BCUT2D eigenvalue weighted by Crippen LogP contribution is 2.36. The van der Waals surface area contributed by atoms with Gasteiger partial charge in [-0.3, -0.25) is 9.59 Å². The van der Waals surface area contributed by atoms with Crippen LogP contribution in [0.2, 0.25) is 0 Å². The summed E-state index contributed by atoms with van der Waals surface area (Å²) in [5.74, 6) is 0. The molecule has 0 unspecified atom stereocenters. The lowest BCUT2D eigenvalue weighted by Crippen LogP contribution is -2.11. The molecule has 0 bridgehead atoms. The molecule has 0 aliphatic rings. The summed E-state index contributed by atoms with van der Waals surface area (Å²) in [5, 5.41) is 1.68. The van der Waals surface area contributed by atoms with Crippen molar-refractivity contribution in [3.05, 3.63) is 136 Å². The number of hydrogen-bond donors (Lipinski definition) is 0. The number of para-hydroxylation sites is 3. The first-order valence-corrected chi connectivity index (χ1v) is 11.9. The number of benzene rings is 5. The number of nitrogens with zero attached hydrogens (tertiary/aromatic N) is 1. The Morgan fingerprint density at radius 2 is 0.892 bits per heavy atom. The van der Waals surface area contributed by atoms with E-state index in [1.54, 1.807) is 36.4 Å². The second-order valence-corrected chi connectivity index (χ2v) is 8.89. The second-order valence-electron chi connectivity index (χ2n) is 8.89. The molecule has 0 amide bonds. The third kappa shape index (κ3) is 3.40. The second kappa shape index (κ2) is 8.21. The van der Waals surface area contributed by atoms with Crippen molar-refractivity contribution in [2.75, 3.05) is 4.90 Å². The average Bonchev–Trinajstić information content (AvgIpc) is 2.94. The summed E-state index contributed by atoms with van der Waals surface area (Å²) < 4.78 is 12.1. The largest absolute Gasteiger partial charge is 0.456 e. The van der Waals surface area contributed by atoms with Crippen LogP contribution in [0.3, 0.4) is 0 Å². The molecule has 0 fully saturated rings. The van der Waals surface area contributed by atoms with Gasteiger partial charge in [0.1, 0.15) is 22.3 Å². The molecule has 0 spiro atoms. The van der Waals surface area contributed by atoms with Gasteiger partial charge in [-0.05, 0) is 66.7 Å². The van der Waals surface area contributed by atoms with Crippen LogP contribution in [0.1, 0.15) is 0 Å². The maximum absolute atomic E-state index is 13.7. The first-order valence-electron chi connectivity index (χ1n) is 11.9. The zero-order chi connectivity index (χ0) is 24.9. The number of rotatable bonds is 3. The lowest BCUT2D eigenvalue weighted by atomic mass is 10.1. The topological polar surface area (TPSA) is 63.7 Å². The van der Waals surface area contributed by atoms with Gasteiger partial charge in [0.25, 0.3) is 0 Å². The summed E-state index contributed by atoms with van der Waals surface area (Å²) >= 11 is 0. The van der Waals surface area contributed by atoms with E-state index in [0.29, 0.717) is 43.9 Å². The minimum Gasteiger partial charge on any atom is -0.456 e. The molecule has 0 radical (unpaired) electrons. The van der Waals surface area contributed by atoms with Crippen LogP contribution in [0, 0.1) is 0 Å². The van der Waals surface area contributed by atoms with E-state index in [2.05, 4.69) is 4.90 Å². The van der Waals surface area contributed by atoms with Gasteiger partial charge in [0.05, 0.1) is 21.5 Å². The maximum Gasteiger partial charge on any atom is 0.200 e. The number of anilines is 3. The van der Waals surface area contributed by atoms with E-state index in [1.165, 1.54) is 0 Å². The minimum atomic E-state index is -0.183. The summed E-state index contributed by atoms with van der Waals surface area (Å²) in [7, 11) is 0. The molecule has 0 aliphatic carbocycles. The van der Waals surface area contributed by atoms with Crippen LogP contribution in [0.25, 0.3) is 43.9 Å². The molecule has 176 valence electrons.